The van der Waals surface area contributed by atoms with Crippen LogP contribution in [-0.2, 0) is 5.41 Å². The summed E-state index contributed by atoms with van der Waals surface area (Å²) in [6.45, 7) is 3.73. The highest BCUT2D eigenvalue weighted by Gasteiger charge is 2.20. The van der Waals surface area contributed by atoms with Gasteiger partial charge in [-0.25, -0.2) is 9.78 Å². The summed E-state index contributed by atoms with van der Waals surface area (Å²) in [6.07, 6.45) is 5.02. The second kappa shape index (κ2) is 7.57. The smallest absolute Gasteiger partial charge is 0.331 e. The minimum Gasteiger partial charge on any atom is -0.481 e. The molecular formula is C25H20N6O2. The highest BCUT2D eigenvalue weighted by Crippen LogP contribution is 2.29. The minimum atomic E-state index is -0.618. The topological polar surface area (TPSA) is 109 Å². The Labute approximate surface area is 189 Å². The zero-order chi connectivity index (χ0) is 23.2. The van der Waals surface area contributed by atoms with E-state index in [2.05, 4.69) is 26.0 Å². The predicted octanol–water partition coefficient (Wildman–Crippen LogP) is 4.13. The molecule has 0 aliphatic rings. The van der Waals surface area contributed by atoms with Gasteiger partial charge in [0.15, 0.2) is 0 Å². The van der Waals surface area contributed by atoms with Crippen LogP contribution in [0, 0.1) is 11.3 Å². The van der Waals surface area contributed by atoms with Crippen LogP contribution < -0.4 is 10.4 Å². The maximum absolute atomic E-state index is 12.9. The number of nitrogens with zero attached hydrogens (tertiary/aromatic N) is 5. The third kappa shape index (κ3) is 3.40. The summed E-state index contributed by atoms with van der Waals surface area (Å²) in [4.78, 5) is 29.1. The number of aromatic amines is 1. The van der Waals surface area contributed by atoms with Crippen LogP contribution in [0.2, 0.25) is 0 Å². The molecule has 5 aromatic rings. The number of imidazole rings is 1. The van der Waals surface area contributed by atoms with Crippen molar-refractivity contribution < 1.29 is 4.74 Å². The van der Waals surface area contributed by atoms with E-state index < -0.39 is 5.41 Å². The lowest BCUT2D eigenvalue weighted by molar-refractivity contribution is 0.398. The molecule has 162 valence electrons. The van der Waals surface area contributed by atoms with Gasteiger partial charge < -0.3 is 9.72 Å². The Morgan fingerprint density at radius 3 is 2.48 bits per heavy atom. The van der Waals surface area contributed by atoms with Crippen LogP contribution >= 0.6 is 0 Å². The van der Waals surface area contributed by atoms with Crippen molar-refractivity contribution in [3.8, 4) is 28.9 Å². The Bertz CT molecular complexity index is 1590. The molecule has 0 aliphatic carbocycles. The van der Waals surface area contributed by atoms with Crippen LogP contribution in [0.25, 0.3) is 38.9 Å². The van der Waals surface area contributed by atoms with Gasteiger partial charge in [-0.05, 0) is 43.7 Å². The summed E-state index contributed by atoms with van der Waals surface area (Å²) in [5.41, 5.74) is 4.22. The summed E-state index contributed by atoms with van der Waals surface area (Å²) in [5, 5.41) is 10.2. The van der Waals surface area contributed by atoms with E-state index in [0.29, 0.717) is 33.8 Å². The van der Waals surface area contributed by atoms with Crippen molar-refractivity contribution in [3.05, 3.63) is 77.1 Å². The van der Waals surface area contributed by atoms with Crippen molar-refractivity contribution in [3.63, 3.8) is 0 Å². The van der Waals surface area contributed by atoms with Gasteiger partial charge in [0.1, 0.15) is 0 Å². The third-order valence-corrected chi connectivity index (χ3v) is 5.76. The molecule has 1 aromatic carbocycles. The Morgan fingerprint density at radius 2 is 1.82 bits per heavy atom. The van der Waals surface area contributed by atoms with Crippen LogP contribution in [0.1, 0.15) is 19.4 Å². The number of fused-ring (bicyclic) bond motifs is 3. The molecule has 0 amide bonds. The molecule has 0 spiro atoms. The van der Waals surface area contributed by atoms with E-state index >= 15 is 0 Å². The molecule has 0 bridgehead atoms. The number of ether oxygens (including phenoxy) is 1. The molecule has 0 atom stereocenters. The van der Waals surface area contributed by atoms with Crippen molar-refractivity contribution in [2.24, 2.45) is 0 Å². The first-order valence-electron chi connectivity index (χ1n) is 10.3. The highest BCUT2D eigenvalue weighted by atomic mass is 16.5. The summed E-state index contributed by atoms with van der Waals surface area (Å²) < 4.78 is 6.76. The van der Waals surface area contributed by atoms with Gasteiger partial charge in [-0.1, -0.05) is 12.1 Å². The number of H-pyrrole nitrogens is 1. The standard InChI is InChI=1S/C25H20N6O2/c1-25(2,14-26)16-5-7-17(8-6-16)31-23-18-10-19(15-4-9-22(33-3)29-11-15)27-12-20(18)28-13-21(23)30-24(31)32/h4-13H,1-3H3,(H,30,32). The first kappa shape index (κ1) is 20.4. The van der Waals surface area contributed by atoms with Crippen LogP contribution in [0.4, 0.5) is 0 Å². The summed E-state index contributed by atoms with van der Waals surface area (Å²) in [7, 11) is 1.57. The van der Waals surface area contributed by atoms with E-state index in [1.807, 2.05) is 50.2 Å². The van der Waals surface area contributed by atoms with Gasteiger partial charge in [0.2, 0.25) is 5.88 Å². The normalized spacial score (nSPS) is 11.6. The van der Waals surface area contributed by atoms with Crippen LogP contribution in [0.15, 0.2) is 65.8 Å². The molecule has 4 aromatic heterocycles. The Balaban J connectivity index is 1.71. The van der Waals surface area contributed by atoms with Crippen molar-refractivity contribution in [1.29, 1.82) is 5.26 Å². The van der Waals surface area contributed by atoms with Gasteiger partial charge in [-0.15, -0.1) is 0 Å². The molecule has 5 rings (SSSR count). The molecule has 8 heteroatoms. The van der Waals surface area contributed by atoms with Gasteiger partial charge in [0.25, 0.3) is 0 Å². The van der Waals surface area contributed by atoms with E-state index in [1.54, 1.807) is 36.3 Å². The minimum absolute atomic E-state index is 0.268. The fraction of sp³-hybridized carbons (Fsp3) is 0.160. The largest absolute Gasteiger partial charge is 0.481 e. The number of nitriles is 1. The fourth-order valence-electron chi connectivity index (χ4n) is 3.83. The summed E-state index contributed by atoms with van der Waals surface area (Å²) in [5.74, 6) is 0.520. The monoisotopic (exact) mass is 436 g/mol. The maximum Gasteiger partial charge on any atom is 0.331 e. The number of hydrogen-bond donors (Lipinski definition) is 1. The molecule has 0 radical (unpaired) electrons. The lowest BCUT2D eigenvalue weighted by Gasteiger charge is -2.16. The van der Waals surface area contributed by atoms with Gasteiger partial charge in [-0.3, -0.25) is 14.5 Å². The van der Waals surface area contributed by atoms with E-state index in [1.165, 1.54) is 0 Å². The average molecular weight is 436 g/mol. The lowest BCUT2D eigenvalue weighted by atomic mass is 9.86. The first-order chi connectivity index (χ1) is 15.9. The number of pyridine rings is 3. The molecule has 4 heterocycles. The zero-order valence-electron chi connectivity index (χ0n) is 18.3. The van der Waals surface area contributed by atoms with Crippen molar-refractivity contribution in [2.45, 2.75) is 19.3 Å². The van der Waals surface area contributed by atoms with Gasteiger partial charge in [-0.2, -0.15) is 5.26 Å². The molecule has 8 nitrogen and oxygen atoms in total. The van der Waals surface area contributed by atoms with Gasteiger partial charge in [0.05, 0.1) is 58.9 Å². The van der Waals surface area contributed by atoms with Crippen molar-refractivity contribution in [2.75, 3.05) is 7.11 Å². The Morgan fingerprint density at radius 1 is 1.03 bits per heavy atom. The highest BCUT2D eigenvalue weighted by molar-refractivity contribution is 6.03. The summed E-state index contributed by atoms with van der Waals surface area (Å²) >= 11 is 0. The predicted molar refractivity (Wildman–Crippen MR) is 125 cm³/mol. The number of hydrogen-bond acceptors (Lipinski definition) is 6. The Hall–Kier alpha value is -4.51. The number of nitrogens with one attached hydrogen (secondary N) is 1. The molecule has 0 unspecified atom stereocenters. The molecule has 0 saturated carbocycles. The van der Waals surface area contributed by atoms with E-state index in [4.69, 9.17) is 4.74 Å². The van der Waals surface area contributed by atoms with Gasteiger partial charge >= 0.3 is 5.69 Å². The van der Waals surface area contributed by atoms with Crippen molar-refractivity contribution >= 4 is 21.9 Å². The number of benzene rings is 1. The van der Waals surface area contributed by atoms with Crippen LogP contribution in [0.3, 0.4) is 0 Å². The fourth-order valence-corrected chi connectivity index (χ4v) is 3.83. The third-order valence-electron chi connectivity index (χ3n) is 5.76. The molecule has 33 heavy (non-hydrogen) atoms. The molecule has 0 fully saturated rings. The second-order valence-electron chi connectivity index (χ2n) is 8.25. The van der Waals surface area contributed by atoms with E-state index in [0.717, 1.165) is 16.5 Å². The number of methoxy groups -OCH3 is 1. The van der Waals surface area contributed by atoms with Crippen molar-refractivity contribution in [1.82, 2.24) is 24.5 Å². The maximum atomic E-state index is 12.9. The van der Waals surface area contributed by atoms with Crippen LogP contribution in [0.5, 0.6) is 5.88 Å². The average Bonchev–Trinajstić information content (AvgIpc) is 3.20. The zero-order valence-corrected chi connectivity index (χ0v) is 18.3. The number of rotatable bonds is 4. The lowest BCUT2D eigenvalue weighted by Crippen LogP contribution is -2.16. The molecular weight excluding hydrogens is 416 g/mol. The number of aromatic nitrogens is 5. The molecule has 0 aliphatic heterocycles. The quantitative estimate of drug-likeness (QED) is 0.454. The van der Waals surface area contributed by atoms with Crippen LogP contribution in [-0.4, -0.2) is 31.6 Å². The first-order valence-corrected chi connectivity index (χ1v) is 10.3. The molecule has 1 N–H and O–H groups in total. The molecule has 0 saturated heterocycles. The van der Waals surface area contributed by atoms with E-state index in [9.17, 15) is 10.1 Å². The SMILES string of the molecule is COc1ccc(-c2cc3c(cn2)ncc2[nH]c(=O)n(-c4ccc(C(C)(C)C#N)cc4)c23)cn1. The Kier molecular flexibility index (Phi) is 4.68. The summed E-state index contributed by atoms with van der Waals surface area (Å²) in [6, 6.07) is 15.3. The van der Waals surface area contributed by atoms with E-state index in [-0.39, 0.29) is 5.69 Å². The second-order valence-corrected chi connectivity index (χ2v) is 8.25. The van der Waals surface area contributed by atoms with Gasteiger partial charge in [0, 0.05) is 23.2 Å².